The zero-order valence-corrected chi connectivity index (χ0v) is 20.8. The molecule has 0 amide bonds. The minimum absolute atomic E-state index is 0.000514. The van der Waals surface area contributed by atoms with Crippen LogP contribution < -0.4 is 19.8 Å². The third kappa shape index (κ3) is 8.72. The standard InChI is InChI=1S/C27H25F5O7/c1-3-24(33)37-13-5-11-26(28,29)10-4-12-36-19-7-6-17-14-21(25(34)38-22(17)16-19)20-9-8-18(35-2)15-23(20)39-27(30,31)32/h3,6-9,14-16H,1,4-5,10-13H2,2H3. The predicted octanol–water partition coefficient (Wildman–Crippen LogP) is 6.67. The van der Waals surface area contributed by atoms with Gasteiger partial charge in [0.05, 0.1) is 25.9 Å². The molecule has 0 saturated heterocycles. The quantitative estimate of drug-likeness (QED) is 0.0764. The van der Waals surface area contributed by atoms with Gasteiger partial charge in [-0.1, -0.05) is 6.58 Å². The maximum Gasteiger partial charge on any atom is 0.573 e. The summed E-state index contributed by atoms with van der Waals surface area (Å²) >= 11 is 0. The number of fused-ring (bicyclic) bond motifs is 1. The fourth-order valence-electron chi connectivity index (χ4n) is 3.64. The van der Waals surface area contributed by atoms with E-state index in [9.17, 15) is 31.5 Å². The van der Waals surface area contributed by atoms with Gasteiger partial charge in [0, 0.05) is 42.0 Å². The summed E-state index contributed by atoms with van der Waals surface area (Å²) in [5.74, 6) is -3.93. The van der Waals surface area contributed by atoms with Crippen LogP contribution in [0.2, 0.25) is 0 Å². The van der Waals surface area contributed by atoms with Gasteiger partial charge in [-0.15, -0.1) is 13.2 Å². The number of esters is 1. The van der Waals surface area contributed by atoms with E-state index in [0.29, 0.717) is 5.39 Å². The van der Waals surface area contributed by atoms with Crippen molar-refractivity contribution in [2.75, 3.05) is 20.3 Å². The Morgan fingerprint density at radius 3 is 2.31 bits per heavy atom. The van der Waals surface area contributed by atoms with Gasteiger partial charge < -0.3 is 23.4 Å². The van der Waals surface area contributed by atoms with E-state index in [4.69, 9.17) is 13.9 Å². The molecule has 2 aromatic carbocycles. The maximum absolute atomic E-state index is 14.0. The molecular formula is C27H25F5O7. The van der Waals surface area contributed by atoms with Crippen LogP contribution in [0.4, 0.5) is 22.0 Å². The molecule has 210 valence electrons. The molecule has 1 aromatic heterocycles. The normalized spacial score (nSPS) is 11.7. The molecule has 0 radical (unpaired) electrons. The van der Waals surface area contributed by atoms with Crippen molar-refractivity contribution in [3.63, 3.8) is 0 Å². The monoisotopic (exact) mass is 556 g/mol. The van der Waals surface area contributed by atoms with Crippen molar-refractivity contribution in [1.82, 2.24) is 0 Å². The Hall–Kier alpha value is -4.09. The maximum atomic E-state index is 14.0. The second-order valence-corrected chi connectivity index (χ2v) is 8.34. The lowest BCUT2D eigenvalue weighted by Gasteiger charge is -2.16. The molecule has 0 fully saturated rings. The van der Waals surface area contributed by atoms with E-state index in [2.05, 4.69) is 16.1 Å². The largest absolute Gasteiger partial charge is 0.573 e. The summed E-state index contributed by atoms with van der Waals surface area (Å²) < 4.78 is 91.3. The summed E-state index contributed by atoms with van der Waals surface area (Å²) in [5, 5.41) is 0.384. The number of hydrogen-bond acceptors (Lipinski definition) is 7. The minimum Gasteiger partial charge on any atom is -0.497 e. The predicted molar refractivity (Wildman–Crippen MR) is 131 cm³/mol. The Labute approximate surface area is 219 Å². The average Bonchev–Trinajstić information content (AvgIpc) is 2.87. The number of carbonyl (C=O) groups excluding carboxylic acids is 1. The minimum atomic E-state index is -5.01. The molecule has 39 heavy (non-hydrogen) atoms. The molecule has 0 bridgehead atoms. The molecule has 7 nitrogen and oxygen atoms in total. The lowest BCUT2D eigenvalue weighted by Crippen LogP contribution is -2.18. The Morgan fingerprint density at radius 2 is 1.64 bits per heavy atom. The van der Waals surface area contributed by atoms with Crippen LogP contribution in [0.15, 0.2) is 64.3 Å². The van der Waals surface area contributed by atoms with Gasteiger partial charge in [0.1, 0.15) is 22.8 Å². The smallest absolute Gasteiger partial charge is 0.497 e. The SMILES string of the molecule is C=CC(=O)OCCCC(F)(F)CCCOc1ccc2cc(-c3ccc(OC)cc3OC(F)(F)F)c(=O)oc2c1. The van der Waals surface area contributed by atoms with E-state index in [-0.39, 0.29) is 54.3 Å². The molecule has 3 aromatic rings. The van der Waals surface area contributed by atoms with Crippen molar-refractivity contribution >= 4 is 16.9 Å². The van der Waals surface area contributed by atoms with Crippen LogP contribution in [-0.2, 0) is 9.53 Å². The molecule has 0 aliphatic heterocycles. The first-order valence-electron chi connectivity index (χ1n) is 11.7. The molecular weight excluding hydrogens is 531 g/mol. The molecule has 12 heteroatoms. The third-order valence-corrected chi connectivity index (χ3v) is 5.47. The molecule has 0 N–H and O–H groups in total. The second-order valence-electron chi connectivity index (χ2n) is 8.34. The number of rotatable bonds is 13. The lowest BCUT2D eigenvalue weighted by molar-refractivity contribution is -0.274. The van der Waals surface area contributed by atoms with Gasteiger partial charge in [-0.2, -0.15) is 0 Å². The lowest BCUT2D eigenvalue weighted by atomic mass is 10.0. The Kier molecular flexibility index (Phi) is 9.55. The summed E-state index contributed by atoms with van der Waals surface area (Å²) in [6, 6.07) is 9.39. The first-order chi connectivity index (χ1) is 18.4. The molecule has 0 unspecified atom stereocenters. The summed E-state index contributed by atoms with van der Waals surface area (Å²) in [4.78, 5) is 23.6. The molecule has 0 saturated carbocycles. The van der Waals surface area contributed by atoms with Gasteiger partial charge >= 0.3 is 18.0 Å². The van der Waals surface area contributed by atoms with Gasteiger partial charge in [0.15, 0.2) is 0 Å². The average molecular weight is 556 g/mol. The van der Waals surface area contributed by atoms with Crippen molar-refractivity contribution in [2.45, 2.75) is 38.0 Å². The number of carbonyl (C=O) groups is 1. The number of methoxy groups -OCH3 is 1. The number of hydrogen-bond donors (Lipinski definition) is 0. The van der Waals surface area contributed by atoms with Gasteiger partial charge in [0.2, 0.25) is 5.92 Å². The van der Waals surface area contributed by atoms with Gasteiger partial charge in [-0.25, -0.2) is 18.4 Å². The number of benzene rings is 2. The van der Waals surface area contributed by atoms with Crippen LogP contribution in [0.25, 0.3) is 22.1 Å². The highest BCUT2D eigenvalue weighted by Crippen LogP contribution is 2.36. The molecule has 1 heterocycles. The van der Waals surface area contributed by atoms with E-state index in [1.807, 2.05) is 0 Å². The Balaban J connectivity index is 1.66. The van der Waals surface area contributed by atoms with Crippen molar-refractivity contribution in [3.8, 4) is 28.4 Å². The van der Waals surface area contributed by atoms with Crippen molar-refractivity contribution in [3.05, 3.63) is 65.5 Å². The first-order valence-corrected chi connectivity index (χ1v) is 11.7. The van der Waals surface area contributed by atoms with Crippen molar-refractivity contribution in [2.24, 2.45) is 0 Å². The van der Waals surface area contributed by atoms with E-state index < -0.39 is 42.5 Å². The van der Waals surface area contributed by atoms with Crippen molar-refractivity contribution in [1.29, 1.82) is 0 Å². The number of alkyl halides is 5. The summed E-state index contributed by atoms with van der Waals surface area (Å²) in [5.41, 5.74) is -1.15. The van der Waals surface area contributed by atoms with E-state index in [0.717, 1.165) is 12.1 Å². The molecule has 0 aliphatic rings. The van der Waals surface area contributed by atoms with E-state index >= 15 is 0 Å². The number of halogens is 5. The second kappa shape index (κ2) is 12.6. The Bertz CT molecular complexity index is 1360. The van der Waals surface area contributed by atoms with E-state index in [1.54, 1.807) is 0 Å². The fourth-order valence-corrected chi connectivity index (χ4v) is 3.64. The molecule has 0 aliphatic carbocycles. The van der Waals surface area contributed by atoms with Crippen LogP contribution in [0.3, 0.4) is 0 Å². The Morgan fingerprint density at radius 1 is 0.949 bits per heavy atom. The van der Waals surface area contributed by atoms with Gasteiger partial charge in [-0.3, -0.25) is 0 Å². The first kappa shape index (κ1) is 29.5. The highest BCUT2D eigenvalue weighted by Gasteiger charge is 2.33. The van der Waals surface area contributed by atoms with Gasteiger partial charge in [0.25, 0.3) is 0 Å². The van der Waals surface area contributed by atoms with E-state index in [1.165, 1.54) is 43.5 Å². The van der Waals surface area contributed by atoms with Gasteiger partial charge in [-0.05, 0) is 43.2 Å². The van der Waals surface area contributed by atoms with Crippen LogP contribution in [0.5, 0.6) is 17.2 Å². The number of ether oxygens (including phenoxy) is 4. The van der Waals surface area contributed by atoms with Crippen molar-refractivity contribution < 1.29 is 50.1 Å². The molecule has 3 rings (SSSR count). The zero-order valence-electron chi connectivity index (χ0n) is 20.8. The topological polar surface area (TPSA) is 84.2 Å². The molecule has 0 spiro atoms. The fraction of sp³-hybridized carbons (Fsp3) is 0.333. The summed E-state index contributed by atoms with van der Waals surface area (Å²) in [7, 11) is 1.27. The van der Waals surface area contributed by atoms with Crippen LogP contribution in [0, 0.1) is 0 Å². The zero-order chi connectivity index (χ0) is 28.6. The highest BCUT2D eigenvalue weighted by molar-refractivity contribution is 5.84. The highest BCUT2D eigenvalue weighted by atomic mass is 19.4. The summed E-state index contributed by atoms with van der Waals surface area (Å²) in [6.07, 6.45) is -4.92. The van der Waals surface area contributed by atoms with Crippen LogP contribution in [0.1, 0.15) is 25.7 Å². The third-order valence-electron chi connectivity index (χ3n) is 5.47. The molecule has 0 atom stereocenters. The summed E-state index contributed by atoms with van der Waals surface area (Å²) in [6.45, 7) is 3.05. The van der Waals surface area contributed by atoms with Crippen LogP contribution in [-0.4, -0.2) is 38.6 Å². The van der Waals surface area contributed by atoms with Crippen LogP contribution >= 0.6 is 0 Å².